The average Bonchev–Trinajstić information content (AvgIpc) is 2.73. The fourth-order valence-electron chi connectivity index (χ4n) is 2.89. The molecule has 0 heterocycles. The molecule has 0 aliphatic rings. The van der Waals surface area contributed by atoms with Gasteiger partial charge in [-0.3, -0.25) is 4.79 Å². The van der Waals surface area contributed by atoms with Crippen LogP contribution in [0.3, 0.4) is 0 Å². The molecule has 32 heavy (non-hydrogen) atoms. The van der Waals surface area contributed by atoms with E-state index in [1.54, 1.807) is 12.1 Å². The van der Waals surface area contributed by atoms with Crippen molar-refractivity contribution in [1.82, 2.24) is 10.1 Å². The second-order valence-electron chi connectivity index (χ2n) is 7.62. The lowest BCUT2D eigenvalue weighted by Gasteiger charge is -2.19. The molecule has 1 amide bonds. The Morgan fingerprint density at radius 3 is 2.19 bits per heavy atom. The smallest absolute Gasteiger partial charge is 0.258 e. The highest BCUT2D eigenvalue weighted by atomic mass is 32.2. The zero-order valence-electron chi connectivity index (χ0n) is 18.7. The van der Waals surface area contributed by atoms with E-state index in [2.05, 4.69) is 15.2 Å². The number of nitrogens with one attached hydrogen (secondary N) is 2. The van der Waals surface area contributed by atoms with E-state index in [0.29, 0.717) is 5.56 Å². The number of carbonyl (C=O) groups excluding carboxylic acids is 1. The van der Waals surface area contributed by atoms with Gasteiger partial charge in [-0.2, -0.15) is 9.82 Å². The number of hydrogen-bond acceptors (Lipinski definition) is 7. The lowest BCUT2D eigenvalue weighted by atomic mass is 10.0. The van der Waals surface area contributed by atoms with Crippen molar-refractivity contribution >= 4 is 22.1 Å². The second kappa shape index (κ2) is 11.0. The molecule has 0 unspecified atom stereocenters. The van der Waals surface area contributed by atoms with Gasteiger partial charge in [-0.05, 0) is 43.5 Å². The van der Waals surface area contributed by atoms with Crippen LogP contribution < -0.4 is 19.6 Å². The molecule has 10 heteroatoms. The molecular weight excluding hydrogens is 434 g/mol. The van der Waals surface area contributed by atoms with Crippen molar-refractivity contribution in [3.05, 3.63) is 47.5 Å². The first-order chi connectivity index (χ1) is 15.1. The van der Waals surface area contributed by atoms with Gasteiger partial charge in [0.2, 0.25) is 15.8 Å². The van der Waals surface area contributed by atoms with E-state index in [9.17, 15) is 18.3 Å². The van der Waals surface area contributed by atoms with Gasteiger partial charge in [-0.15, -0.1) is 0 Å². The first kappa shape index (κ1) is 25.2. The van der Waals surface area contributed by atoms with Crippen LogP contribution >= 0.6 is 0 Å². The van der Waals surface area contributed by atoms with Gasteiger partial charge in [0.05, 0.1) is 25.3 Å². The zero-order valence-corrected chi connectivity index (χ0v) is 19.6. The Kier molecular flexibility index (Phi) is 8.62. The zero-order chi connectivity index (χ0) is 23.9. The van der Waals surface area contributed by atoms with Gasteiger partial charge in [0.15, 0.2) is 11.5 Å². The van der Waals surface area contributed by atoms with Crippen molar-refractivity contribution in [2.24, 2.45) is 11.0 Å². The lowest BCUT2D eigenvalue weighted by molar-refractivity contribution is -0.123. The standard InChI is InChI=1S/C22H29N3O6S/c1-14(2)10-18(25-32(28,29)17-8-6-15(3)7-9-17)22(27)24-23-13-16-11-19(30-4)21(26)20(12-16)31-5/h6-9,11-14,18,25-26H,10H2,1-5H3,(H,24,27)/b23-13-/t18-/m0/s1. The second-order valence-corrected chi connectivity index (χ2v) is 9.34. The summed E-state index contributed by atoms with van der Waals surface area (Å²) < 4.78 is 38.1. The molecule has 9 nitrogen and oxygen atoms in total. The van der Waals surface area contributed by atoms with Crippen molar-refractivity contribution in [3.63, 3.8) is 0 Å². The number of phenolic OH excluding ortho intramolecular Hbond substituents is 1. The molecule has 0 radical (unpaired) electrons. The maximum Gasteiger partial charge on any atom is 0.258 e. The molecule has 3 N–H and O–H groups in total. The maximum atomic E-state index is 12.7. The summed E-state index contributed by atoms with van der Waals surface area (Å²) in [5.41, 5.74) is 3.79. The number of methoxy groups -OCH3 is 2. The van der Waals surface area contributed by atoms with Gasteiger partial charge in [-0.25, -0.2) is 13.8 Å². The molecule has 2 rings (SSSR count). The molecule has 174 valence electrons. The van der Waals surface area contributed by atoms with Crippen molar-refractivity contribution in [2.45, 2.75) is 38.1 Å². The summed E-state index contributed by atoms with van der Waals surface area (Å²) in [5, 5.41) is 13.9. The first-order valence-electron chi connectivity index (χ1n) is 9.94. The Bertz CT molecular complexity index is 1040. The first-order valence-corrected chi connectivity index (χ1v) is 11.4. The van der Waals surface area contributed by atoms with Gasteiger partial charge in [0, 0.05) is 5.56 Å². The molecule has 0 saturated carbocycles. The summed E-state index contributed by atoms with van der Waals surface area (Å²) in [6, 6.07) is 8.38. The van der Waals surface area contributed by atoms with Gasteiger partial charge >= 0.3 is 0 Å². The van der Waals surface area contributed by atoms with Crippen LogP contribution in [0.4, 0.5) is 0 Å². The number of rotatable bonds is 10. The van der Waals surface area contributed by atoms with E-state index in [0.717, 1.165) is 5.56 Å². The number of phenols is 1. The van der Waals surface area contributed by atoms with E-state index >= 15 is 0 Å². The summed E-state index contributed by atoms with van der Waals surface area (Å²) >= 11 is 0. The molecule has 0 spiro atoms. The largest absolute Gasteiger partial charge is 0.502 e. The third kappa shape index (κ3) is 6.69. The molecule has 1 atom stereocenters. The molecule has 0 bridgehead atoms. The molecule has 0 fully saturated rings. The summed E-state index contributed by atoms with van der Waals surface area (Å²) in [6.45, 7) is 5.63. The number of amides is 1. The molecular formula is C22H29N3O6S. The minimum atomic E-state index is -3.89. The van der Waals surface area contributed by atoms with Gasteiger partial charge in [0.1, 0.15) is 6.04 Å². The summed E-state index contributed by atoms with van der Waals surface area (Å²) in [6.07, 6.45) is 1.62. The molecule has 2 aromatic carbocycles. The van der Waals surface area contributed by atoms with Crippen LogP contribution in [0.1, 0.15) is 31.4 Å². The van der Waals surface area contributed by atoms with Crippen molar-refractivity contribution in [2.75, 3.05) is 14.2 Å². The number of carbonyl (C=O) groups is 1. The van der Waals surface area contributed by atoms with E-state index < -0.39 is 22.0 Å². The highest BCUT2D eigenvalue weighted by Gasteiger charge is 2.26. The number of benzene rings is 2. The van der Waals surface area contributed by atoms with E-state index in [4.69, 9.17) is 9.47 Å². The van der Waals surface area contributed by atoms with Crippen LogP contribution in [-0.4, -0.2) is 45.9 Å². The van der Waals surface area contributed by atoms with Gasteiger partial charge in [-0.1, -0.05) is 31.5 Å². The number of hydrazone groups is 1. The lowest BCUT2D eigenvalue weighted by Crippen LogP contribution is -2.46. The van der Waals surface area contributed by atoms with Crippen LogP contribution in [0.25, 0.3) is 0 Å². The molecule has 0 aliphatic heterocycles. The number of ether oxygens (including phenoxy) is 2. The summed E-state index contributed by atoms with van der Waals surface area (Å²) in [5.74, 6) is -0.329. The van der Waals surface area contributed by atoms with Crippen LogP contribution in [0, 0.1) is 12.8 Å². The van der Waals surface area contributed by atoms with E-state index in [1.807, 2.05) is 20.8 Å². The predicted octanol–water partition coefficient (Wildman–Crippen LogP) is 2.56. The quantitative estimate of drug-likeness (QED) is 0.367. The van der Waals surface area contributed by atoms with Gasteiger partial charge < -0.3 is 14.6 Å². The Balaban J connectivity index is 2.17. The number of hydrogen-bond donors (Lipinski definition) is 3. The van der Waals surface area contributed by atoms with Crippen LogP contribution in [-0.2, 0) is 14.8 Å². The summed E-state index contributed by atoms with van der Waals surface area (Å²) in [7, 11) is -1.10. The SMILES string of the molecule is COc1cc(/C=N\NC(=O)[C@H](CC(C)C)NS(=O)(=O)c2ccc(C)cc2)cc(OC)c1O. The van der Waals surface area contributed by atoms with Gasteiger partial charge in [0.25, 0.3) is 5.91 Å². The van der Waals surface area contributed by atoms with Crippen LogP contribution in [0.2, 0.25) is 0 Å². The number of sulfonamides is 1. The minimum Gasteiger partial charge on any atom is -0.502 e. The molecule has 0 aliphatic carbocycles. The Labute approximate surface area is 188 Å². The topological polar surface area (TPSA) is 126 Å². The highest BCUT2D eigenvalue weighted by Crippen LogP contribution is 2.36. The number of nitrogens with zero attached hydrogens (tertiary/aromatic N) is 1. The highest BCUT2D eigenvalue weighted by molar-refractivity contribution is 7.89. The average molecular weight is 464 g/mol. The third-order valence-electron chi connectivity index (χ3n) is 4.54. The Morgan fingerprint density at radius 1 is 1.12 bits per heavy atom. The van der Waals surface area contributed by atoms with Crippen molar-refractivity contribution in [1.29, 1.82) is 0 Å². The predicted molar refractivity (Wildman–Crippen MR) is 122 cm³/mol. The van der Waals surface area contributed by atoms with E-state index in [-0.39, 0.29) is 34.5 Å². The Morgan fingerprint density at radius 2 is 1.69 bits per heavy atom. The normalized spacial score (nSPS) is 12.7. The Hall–Kier alpha value is -3.11. The molecule has 0 saturated heterocycles. The van der Waals surface area contributed by atoms with Crippen LogP contribution in [0.15, 0.2) is 46.4 Å². The molecule has 2 aromatic rings. The minimum absolute atomic E-state index is 0.0565. The fourth-order valence-corrected chi connectivity index (χ4v) is 4.10. The van der Waals surface area contributed by atoms with Crippen molar-refractivity contribution in [3.8, 4) is 17.2 Å². The number of aryl methyl sites for hydroxylation is 1. The fraction of sp³-hybridized carbons (Fsp3) is 0.364. The maximum absolute atomic E-state index is 12.7. The molecule has 0 aromatic heterocycles. The van der Waals surface area contributed by atoms with E-state index in [1.165, 1.54) is 44.7 Å². The summed E-state index contributed by atoms with van der Waals surface area (Å²) in [4.78, 5) is 12.8. The third-order valence-corrected chi connectivity index (χ3v) is 6.03. The van der Waals surface area contributed by atoms with Crippen molar-refractivity contribution < 1.29 is 27.8 Å². The number of aromatic hydroxyl groups is 1. The van der Waals surface area contributed by atoms with Crippen LogP contribution in [0.5, 0.6) is 17.2 Å². The monoisotopic (exact) mass is 463 g/mol.